The molecule has 5 nitrogen and oxygen atoms in total. The third-order valence-corrected chi connectivity index (χ3v) is 5.33. The summed E-state index contributed by atoms with van der Waals surface area (Å²) in [6.45, 7) is 5.86. The van der Waals surface area contributed by atoms with E-state index in [1.54, 1.807) is 7.11 Å². The van der Waals surface area contributed by atoms with Crippen molar-refractivity contribution in [1.29, 1.82) is 0 Å². The van der Waals surface area contributed by atoms with E-state index in [0.29, 0.717) is 28.9 Å². The van der Waals surface area contributed by atoms with Gasteiger partial charge in [0.05, 0.1) is 18.3 Å². The van der Waals surface area contributed by atoms with E-state index in [0.717, 1.165) is 37.3 Å². The molecule has 0 amide bonds. The molecule has 0 unspecified atom stereocenters. The number of pyridine rings is 1. The molecule has 0 radical (unpaired) electrons. The maximum absolute atomic E-state index is 14.9. The molecule has 1 saturated heterocycles. The third-order valence-electron chi connectivity index (χ3n) is 5.33. The van der Waals surface area contributed by atoms with Crippen LogP contribution in [0.4, 0.5) is 10.1 Å². The highest BCUT2D eigenvalue weighted by Crippen LogP contribution is 2.28. The van der Waals surface area contributed by atoms with Crippen LogP contribution in [-0.2, 0) is 6.54 Å². The summed E-state index contributed by atoms with van der Waals surface area (Å²) in [5.41, 5.74) is 2.46. The zero-order valence-corrected chi connectivity index (χ0v) is 16.2. The first-order valence-corrected chi connectivity index (χ1v) is 9.59. The maximum atomic E-state index is 14.9. The molecular weight excluding hydrogens is 357 g/mol. The minimum absolute atomic E-state index is 0.168. The number of piperazine rings is 1. The van der Waals surface area contributed by atoms with Gasteiger partial charge in [0.25, 0.3) is 0 Å². The van der Waals surface area contributed by atoms with E-state index in [9.17, 15) is 9.18 Å². The molecule has 1 fully saturated rings. The van der Waals surface area contributed by atoms with Crippen LogP contribution in [-0.4, -0.2) is 37.9 Å². The van der Waals surface area contributed by atoms with Gasteiger partial charge in [-0.25, -0.2) is 4.39 Å². The molecule has 0 saturated carbocycles. The first-order valence-electron chi connectivity index (χ1n) is 9.59. The summed E-state index contributed by atoms with van der Waals surface area (Å²) >= 11 is 0. The molecular formula is C22H24FN3O2. The van der Waals surface area contributed by atoms with Crippen LogP contribution in [0.5, 0.6) is 5.75 Å². The van der Waals surface area contributed by atoms with Crippen molar-refractivity contribution in [3.05, 3.63) is 58.6 Å². The topological polar surface area (TPSA) is 46.5 Å². The molecule has 0 atom stereocenters. The number of hydrogen-bond donors (Lipinski definition) is 1. The molecule has 28 heavy (non-hydrogen) atoms. The van der Waals surface area contributed by atoms with Crippen molar-refractivity contribution in [3.8, 4) is 16.9 Å². The Bertz CT molecular complexity index is 1070. The second-order valence-electron chi connectivity index (χ2n) is 6.95. The highest BCUT2D eigenvalue weighted by atomic mass is 19.1. The van der Waals surface area contributed by atoms with Crippen LogP contribution in [0.15, 0.2) is 47.4 Å². The summed E-state index contributed by atoms with van der Waals surface area (Å²) in [6.07, 6.45) is 1.86. The Balaban J connectivity index is 1.91. The number of halogens is 1. The highest BCUT2D eigenvalue weighted by Gasteiger charge is 2.19. The van der Waals surface area contributed by atoms with Gasteiger partial charge in [0, 0.05) is 49.9 Å². The van der Waals surface area contributed by atoms with Crippen molar-refractivity contribution < 1.29 is 9.13 Å². The molecule has 1 aliphatic rings. The van der Waals surface area contributed by atoms with Crippen LogP contribution in [0.1, 0.15) is 6.92 Å². The van der Waals surface area contributed by atoms with Crippen LogP contribution in [0.3, 0.4) is 0 Å². The normalized spacial score (nSPS) is 14.5. The molecule has 2 heterocycles. The monoisotopic (exact) mass is 381 g/mol. The zero-order chi connectivity index (χ0) is 19.7. The number of nitrogens with one attached hydrogen (secondary N) is 1. The predicted molar refractivity (Wildman–Crippen MR) is 111 cm³/mol. The fourth-order valence-corrected chi connectivity index (χ4v) is 3.81. The standard InChI is InChI=1S/C22H24FN3O2/c1-3-25-14-18(15-5-4-6-16(11-15)28-2)22(27)17-12-19(23)21(13-20(17)25)26-9-7-24-8-10-26/h4-6,11-14,24H,3,7-10H2,1-2H3. The fraction of sp³-hybridized carbons (Fsp3) is 0.318. The average Bonchev–Trinajstić information content (AvgIpc) is 2.74. The Kier molecular flexibility index (Phi) is 5.05. The Morgan fingerprint density at radius 3 is 2.68 bits per heavy atom. The van der Waals surface area contributed by atoms with Gasteiger partial charge < -0.3 is 19.5 Å². The molecule has 1 aliphatic heterocycles. The van der Waals surface area contributed by atoms with Crippen molar-refractivity contribution in [3.63, 3.8) is 0 Å². The van der Waals surface area contributed by atoms with Gasteiger partial charge in [-0.05, 0) is 36.8 Å². The first kappa shape index (κ1) is 18.5. The van der Waals surface area contributed by atoms with E-state index in [1.165, 1.54) is 6.07 Å². The minimum Gasteiger partial charge on any atom is -0.497 e. The molecule has 1 N–H and O–H groups in total. The summed E-state index contributed by atoms with van der Waals surface area (Å²) in [6, 6.07) is 10.6. The van der Waals surface area contributed by atoms with Crippen molar-refractivity contribution >= 4 is 16.6 Å². The lowest BCUT2D eigenvalue weighted by Crippen LogP contribution is -2.43. The number of aryl methyl sites for hydroxylation is 1. The Morgan fingerprint density at radius 2 is 1.96 bits per heavy atom. The predicted octanol–water partition coefficient (Wildman–Crippen LogP) is 3.25. The lowest BCUT2D eigenvalue weighted by molar-refractivity contribution is 0.415. The molecule has 6 heteroatoms. The van der Waals surface area contributed by atoms with Crippen LogP contribution in [0.25, 0.3) is 22.0 Å². The largest absolute Gasteiger partial charge is 0.497 e. The van der Waals surface area contributed by atoms with Gasteiger partial charge in [0.2, 0.25) is 0 Å². The lowest BCUT2D eigenvalue weighted by Gasteiger charge is -2.30. The van der Waals surface area contributed by atoms with Gasteiger partial charge in [-0.1, -0.05) is 12.1 Å². The molecule has 0 bridgehead atoms. The molecule has 146 valence electrons. The van der Waals surface area contributed by atoms with E-state index >= 15 is 0 Å². The number of fused-ring (bicyclic) bond motifs is 1. The van der Waals surface area contributed by atoms with Crippen molar-refractivity contribution in [2.24, 2.45) is 0 Å². The fourth-order valence-electron chi connectivity index (χ4n) is 3.81. The summed E-state index contributed by atoms with van der Waals surface area (Å²) in [4.78, 5) is 15.2. The van der Waals surface area contributed by atoms with Gasteiger partial charge in [-0.2, -0.15) is 0 Å². The number of aromatic nitrogens is 1. The number of benzene rings is 2. The van der Waals surface area contributed by atoms with E-state index in [2.05, 4.69) is 5.32 Å². The van der Waals surface area contributed by atoms with E-state index in [4.69, 9.17) is 4.74 Å². The number of methoxy groups -OCH3 is 1. The van der Waals surface area contributed by atoms with Gasteiger partial charge in [0.15, 0.2) is 5.43 Å². The highest BCUT2D eigenvalue weighted by molar-refractivity contribution is 5.87. The SMILES string of the molecule is CCn1cc(-c2cccc(OC)c2)c(=O)c2cc(F)c(N3CCNCC3)cc21. The Morgan fingerprint density at radius 1 is 1.18 bits per heavy atom. The molecule has 3 aromatic rings. The van der Waals surface area contributed by atoms with E-state index in [1.807, 2.05) is 52.9 Å². The summed E-state index contributed by atoms with van der Waals surface area (Å²) < 4.78 is 22.2. The van der Waals surface area contributed by atoms with Crippen LogP contribution in [0.2, 0.25) is 0 Å². The quantitative estimate of drug-likeness (QED) is 0.754. The van der Waals surface area contributed by atoms with E-state index < -0.39 is 0 Å². The van der Waals surface area contributed by atoms with Crippen molar-refractivity contribution in [2.45, 2.75) is 13.5 Å². The molecule has 1 aromatic heterocycles. The number of anilines is 1. The van der Waals surface area contributed by atoms with Gasteiger partial charge in [-0.15, -0.1) is 0 Å². The molecule has 0 aliphatic carbocycles. The first-order chi connectivity index (χ1) is 13.6. The zero-order valence-electron chi connectivity index (χ0n) is 16.2. The smallest absolute Gasteiger partial charge is 0.197 e. The van der Waals surface area contributed by atoms with Crippen LogP contribution >= 0.6 is 0 Å². The van der Waals surface area contributed by atoms with Crippen molar-refractivity contribution in [1.82, 2.24) is 9.88 Å². The van der Waals surface area contributed by atoms with Crippen LogP contribution in [0, 0.1) is 5.82 Å². The Labute approximate surface area is 163 Å². The average molecular weight is 381 g/mol. The number of ether oxygens (including phenoxy) is 1. The minimum atomic E-state index is -0.350. The van der Waals surface area contributed by atoms with Crippen LogP contribution < -0.4 is 20.4 Å². The lowest BCUT2D eigenvalue weighted by atomic mass is 10.0. The third kappa shape index (κ3) is 3.24. The summed E-state index contributed by atoms with van der Waals surface area (Å²) in [5.74, 6) is 0.331. The second kappa shape index (κ2) is 7.64. The summed E-state index contributed by atoms with van der Waals surface area (Å²) in [5, 5.41) is 3.68. The maximum Gasteiger partial charge on any atom is 0.197 e. The second-order valence-corrected chi connectivity index (χ2v) is 6.95. The van der Waals surface area contributed by atoms with Gasteiger partial charge >= 0.3 is 0 Å². The number of nitrogens with zero attached hydrogens (tertiary/aromatic N) is 2. The number of rotatable bonds is 4. The number of hydrogen-bond acceptors (Lipinski definition) is 4. The van der Waals surface area contributed by atoms with Gasteiger partial charge in [-0.3, -0.25) is 4.79 Å². The molecule has 2 aromatic carbocycles. The Hall–Kier alpha value is -2.86. The van der Waals surface area contributed by atoms with Gasteiger partial charge in [0.1, 0.15) is 11.6 Å². The van der Waals surface area contributed by atoms with Crippen molar-refractivity contribution in [2.75, 3.05) is 38.2 Å². The molecule has 4 rings (SSSR count). The van der Waals surface area contributed by atoms with E-state index in [-0.39, 0.29) is 11.2 Å². The molecule has 0 spiro atoms. The summed E-state index contributed by atoms with van der Waals surface area (Å²) in [7, 11) is 1.59.